The minimum Gasteiger partial charge on any atom is -0.446 e. The molecule has 46 heavy (non-hydrogen) atoms. The quantitative estimate of drug-likeness (QED) is 0.198. The molecule has 10 nitrogen and oxygen atoms in total. The van der Waals surface area contributed by atoms with Crippen molar-refractivity contribution >= 4 is 29.6 Å². The van der Waals surface area contributed by atoms with Crippen molar-refractivity contribution in [2.45, 2.75) is 135 Å². The van der Waals surface area contributed by atoms with Gasteiger partial charge in [-0.25, -0.2) is 4.79 Å². The number of ketones is 1. The Labute approximate surface area is 274 Å². The molecular formula is C36H56N4O6. The number of likely N-dealkylation sites (tertiary alicyclic amines) is 1. The molecule has 4 saturated carbocycles. The molecule has 5 fully saturated rings. The van der Waals surface area contributed by atoms with Gasteiger partial charge in [-0.05, 0) is 73.5 Å². The number of Topliss-reactive ketones (excluding diaryl/α,β-unsaturated/α-hetero) is 1. The highest BCUT2D eigenvalue weighted by atomic mass is 16.6. The molecule has 0 aromatic rings. The van der Waals surface area contributed by atoms with Gasteiger partial charge in [-0.3, -0.25) is 19.2 Å². The van der Waals surface area contributed by atoms with E-state index in [1.807, 2.05) is 6.92 Å². The standard InChI is InChI=1S/C36H56N4O6/c1-5-13-26(31(41)33(43)37-20-6-2)38-32(42)30-28-25(36(28,3)4)21-40(30)34(44)29(23-16-8-7-9-17-23)39-35(45)46-27-19-12-18-24(27)22-14-10-11-15-22/h6,22-30H,2,5,7-21H2,1,3-4H3,(H,37,43)(H,38,42)(H,39,45). The molecule has 0 bridgehead atoms. The summed E-state index contributed by atoms with van der Waals surface area (Å²) in [4.78, 5) is 69.1. The molecule has 0 aromatic carbocycles. The van der Waals surface area contributed by atoms with Crippen LogP contribution in [0.3, 0.4) is 0 Å². The van der Waals surface area contributed by atoms with Crippen LogP contribution < -0.4 is 16.0 Å². The van der Waals surface area contributed by atoms with E-state index in [1.165, 1.54) is 31.8 Å². The first-order chi connectivity index (χ1) is 22.1. The molecule has 0 radical (unpaired) electrons. The van der Waals surface area contributed by atoms with Crippen LogP contribution in [-0.4, -0.2) is 71.8 Å². The molecule has 0 spiro atoms. The third-order valence-electron chi connectivity index (χ3n) is 12.0. The van der Waals surface area contributed by atoms with Crippen LogP contribution in [0.15, 0.2) is 12.7 Å². The third-order valence-corrected chi connectivity index (χ3v) is 12.0. The number of nitrogens with zero attached hydrogens (tertiary/aromatic N) is 1. The number of hydrogen-bond donors (Lipinski definition) is 3. The van der Waals surface area contributed by atoms with Crippen molar-refractivity contribution < 1.29 is 28.7 Å². The molecule has 0 aromatic heterocycles. The molecule has 1 heterocycles. The van der Waals surface area contributed by atoms with Gasteiger partial charge in [-0.1, -0.05) is 78.2 Å². The largest absolute Gasteiger partial charge is 0.446 e. The Morgan fingerprint density at radius 2 is 1.63 bits per heavy atom. The Hall–Kier alpha value is -2.91. The number of ether oxygens (including phenoxy) is 1. The molecule has 7 unspecified atom stereocenters. The average Bonchev–Trinajstić information content (AvgIpc) is 3.64. The van der Waals surface area contributed by atoms with Crippen LogP contribution in [0.2, 0.25) is 0 Å². The van der Waals surface area contributed by atoms with Crippen LogP contribution in [0.1, 0.15) is 111 Å². The summed E-state index contributed by atoms with van der Waals surface area (Å²) in [5.74, 6) is -1.05. The van der Waals surface area contributed by atoms with Crippen LogP contribution >= 0.6 is 0 Å². The maximum atomic E-state index is 14.5. The highest BCUT2D eigenvalue weighted by Gasteiger charge is 2.69. The van der Waals surface area contributed by atoms with E-state index in [0.717, 1.165) is 51.4 Å². The zero-order valence-electron chi connectivity index (χ0n) is 28.2. The van der Waals surface area contributed by atoms with Crippen molar-refractivity contribution in [3.8, 4) is 0 Å². The van der Waals surface area contributed by atoms with E-state index in [4.69, 9.17) is 4.74 Å². The predicted molar refractivity (Wildman–Crippen MR) is 174 cm³/mol. The van der Waals surface area contributed by atoms with Gasteiger partial charge in [-0.2, -0.15) is 0 Å². The Bertz CT molecular complexity index is 1160. The van der Waals surface area contributed by atoms with E-state index in [0.29, 0.717) is 31.2 Å². The van der Waals surface area contributed by atoms with Crippen molar-refractivity contribution in [2.24, 2.45) is 35.0 Å². The second-order valence-electron chi connectivity index (χ2n) is 15.2. The molecular weight excluding hydrogens is 584 g/mol. The summed E-state index contributed by atoms with van der Waals surface area (Å²) in [7, 11) is 0. The number of nitrogens with one attached hydrogen (secondary N) is 3. The molecule has 3 N–H and O–H groups in total. The number of rotatable bonds is 13. The number of fused-ring (bicyclic) bond motifs is 1. The van der Waals surface area contributed by atoms with Gasteiger partial charge in [-0.15, -0.1) is 6.58 Å². The van der Waals surface area contributed by atoms with Crippen molar-refractivity contribution in [2.75, 3.05) is 13.1 Å². The molecule has 5 aliphatic rings. The molecule has 4 aliphatic carbocycles. The first-order valence-electron chi connectivity index (χ1n) is 18.1. The lowest BCUT2D eigenvalue weighted by atomic mass is 9.83. The minimum atomic E-state index is -0.985. The maximum Gasteiger partial charge on any atom is 0.408 e. The van der Waals surface area contributed by atoms with Gasteiger partial charge in [0.15, 0.2) is 0 Å². The highest BCUT2D eigenvalue weighted by molar-refractivity contribution is 6.38. The smallest absolute Gasteiger partial charge is 0.408 e. The fourth-order valence-electron chi connectivity index (χ4n) is 9.39. The number of alkyl carbamates (subject to hydrolysis) is 1. The zero-order valence-corrected chi connectivity index (χ0v) is 28.2. The number of hydrogen-bond acceptors (Lipinski definition) is 6. The van der Waals surface area contributed by atoms with Gasteiger partial charge in [0.05, 0.1) is 6.04 Å². The highest BCUT2D eigenvalue weighted by Crippen LogP contribution is 2.65. The van der Waals surface area contributed by atoms with Gasteiger partial charge < -0.3 is 25.6 Å². The average molecular weight is 641 g/mol. The second kappa shape index (κ2) is 14.9. The monoisotopic (exact) mass is 640 g/mol. The second-order valence-corrected chi connectivity index (χ2v) is 15.2. The van der Waals surface area contributed by atoms with Crippen molar-refractivity contribution in [1.29, 1.82) is 0 Å². The minimum absolute atomic E-state index is 0.0281. The third kappa shape index (κ3) is 7.30. The van der Waals surface area contributed by atoms with E-state index in [2.05, 4.69) is 36.4 Å². The van der Waals surface area contributed by atoms with Crippen molar-refractivity contribution in [3.63, 3.8) is 0 Å². The van der Waals surface area contributed by atoms with Crippen LogP contribution in [0, 0.1) is 35.0 Å². The number of piperidine rings is 1. The maximum absolute atomic E-state index is 14.5. The Kier molecular flexibility index (Phi) is 11.1. The summed E-state index contributed by atoms with van der Waals surface area (Å²) < 4.78 is 6.08. The molecule has 10 heteroatoms. The van der Waals surface area contributed by atoms with E-state index in [9.17, 15) is 24.0 Å². The fraction of sp³-hybridized carbons (Fsp3) is 0.806. The van der Waals surface area contributed by atoms with Gasteiger partial charge in [0.1, 0.15) is 18.2 Å². The summed E-state index contributed by atoms with van der Waals surface area (Å²) in [5.41, 5.74) is -0.130. The SMILES string of the molecule is C=CCNC(=O)C(=O)C(CCC)NC(=O)C1C2C(CN1C(=O)C(NC(=O)OC1CCCC1C1CCCC1)C1CCCCC1)C2(C)C. The van der Waals surface area contributed by atoms with Crippen LogP contribution in [0.5, 0.6) is 0 Å². The zero-order chi connectivity index (χ0) is 33.0. The molecule has 256 valence electrons. The predicted octanol–water partition coefficient (Wildman–Crippen LogP) is 4.66. The first kappa shape index (κ1) is 34.4. The molecule has 7 atom stereocenters. The fourth-order valence-corrected chi connectivity index (χ4v) is 9.39. The van der Waals surface area contributed by atoms with Crippen LogP contribution in [0.25, 0.3) is 0 Å². The van der Waals surface area contributed by atoms with E-state index < -0.39 is 41.8 Å². The van der Waals surface area contributed by atoms with Crippen molar-refractivity contribution in [1.82, 2.24) is 20.9 Å². The van der Waals surface area contributed by atoms with E-state index in [1.54, 1.807) is 4.90 Å². The first-order valence-corrected chi connectivity index (χ1v) is 18.1. The number of carbonyl (C=O) groups excluding carboxylic acids is 5. The summed E-state index contributed by atoms with van der Waals surface area (Å²) in [6.45, 7) is 10.3. The molecule has 1 saturated heterocycles. The summed E-state index contributed by atoms with van der Waals surface area (Å²) in [6, 6.07) is -2.53. The van der Waals surface area contributed by atoms with E-state index >= 15 is 0 Å². The molecule has 1 aliphatic heterocycles. The summed E-state index contributed by atoms with van der Waals surface area (Å²) >= 11 is 0. The Morgan fingerprint density at radius 3 is 2.30 bits per heavy atom. The lowest BCUT2D eigenvalue weighted by molar-refractivity contribution is -0.145. The Morgan fingerprint density at radius 1 is 0.935 bits per heavy atom. The van der Waals surface area contributed by atoms with Gasteiger partial charge >= 0.3 is 6.09 Å². The van der Waals surface area contributed by atoms with E-state index in [-0.39, 0.29) is 41.7 Å². The number of amides is 4. The topological polar surface area (TPSA) is 134 Å². The van der Waals surface area contributed by atoms with Gasteiger partial charge in [0, 0.05) is 13.1 Å². The van der Waals surface area contributed by atoms with Gasteiger partial charge in [0.2, 0.25) is 17.6 Å². The molecule has 5 rings (SSSR count). The normalized spacial score (nSPS) is 30.2. The molecule has 4 amide bonds. The van der Waals surface area contributed by atoms with Crippen LogP contribution in [0.4, 0.5) is 4.79 Å². The summed E-state index contributed by atoms with van der Waals surface area (Å²) in [6.07, 6.45) is 14.4. The van der Waals surface area contributed by atoms with Crippen molar-refractivity contribution in [3.05, 3.63) is 12.7 Å². The van der Waals surface area contributed by atoms with Gasteiger partial charge in [0.25, 0.3) is 5.91 Å². The lowest BCUT2D eigenvalue weighted by Crippen LogP contribution is -2.59. The van der Waals surface area contributed by atoms with Crippen LogP contribution in [-0.2, 0) is 23.9 Å². The lowest BCUT2D eigenvalue weighted by Gasteiger charge is -2.37. The number of carbonyl (C=O) groups is 5. The summed E-state index contributed by atoms with van der Waals surface area (Å²) in [5, 5.41) is 8.39. The Balaban J connectivity index is 1.31.